The number of rotatable bonds is 8. The van der Waals surface area contributed by atoms with Crippen molar-refractivity contribution in [3.8, 4) is 23.1 Å². The highest BCUT2D eigenvalue weighted by atomic mass is 79.9. The lowest BCUT2D eigenvalue weighted by Gasteiger charge is -2.11. The number of hydrogen-bond acceptors (Lipinski definition) is 8. The van der Waals surface area contributed by atoms with Crippen LogP contribution in [0.25, 0.3) is 33.5 Å². The normalized spacial score (nSPS) is 11.5. The standard InChI is InChI=1S/C31H19BrCl2N4O6/c1-42-26-7-4-8-27-20(26)14-28(44-27)30-36-24-6-3-2-5-19(24)31(39)37(30)35-15-18-11-21(32)29(25(13-18)38(40)41)43-16-17-9-10-22(33)23(34)12-17/h2-15H,16H2,1H3. The number of methoxy groups -OCH3 is 1. The fourth-order valence-electron chi connectivity index (χ4n) is 4.57. The molecule has 0 aliphatic rings. The number of nitrogens with zero attached hydrogens (tertiary/aromatic N) is 4. The lowest BCUT2D eigenvalue weighted by Crippen LogP contribution is -2.20. The van der Waals surface area contributed by atoms with Gasteiger partial charge in [0.15, 0.2) is 5.76 Å². The van der Waals surface area contributed by atoms with Gasteiger partial charge in [-0.3, -0.25) is 14.9 Å². The maximum atomic E-state index is 13.6. The van der Waals surface area contributed by atoms with Crippen molar-refractivity contribution in [2.75, 3.05) is 7.11 Å². The molecule has 6 aromatic rings. The predicted molar refractivity (Wildman–Crippen MR) is 172 cm³/mol. The maximum absolute atomic E-state index is 13.6. The van der Waals surface area contributed by atoms with Crippen LogP contribution in [-0.4, -0.2) is 27.9 Å². The molecule has 0 N–H and O–H groups in total. The minimum Gasteiger partial charge on any atom is -0.496 e. The van der Waals surface area contributed by atoms with Gasteiger partial charge in [-0.15, -0.1) is 0 Å². The van der Waals surface area contributed by atoms with Crippen LogP contribution in [0.3, 0.4) is 0 Å². The van der Waals surface area contributed by atoms with Gasteiger partial charge in [-0.1, -0.05) is 47.5 Å². The first-order valence-electron chi connectivity index (χ1n) is 12.9. The third-order valence-electron chi connectivity index (χ3n) is 6.65. The maximum Gasteiger partial charge on any atom is 0.312 e. The number of hydrogen-bond donors (Lipinski definition) is 0. The molecule has 220 valence electrons. The van der Waals surface area contributed by atoms with Crippen LogP contribution < -0.4 is 15.0 Å². The Morgan fingerprint density at radius 3 is 2.64 bits per heavy atom. The van der Waals surface area contributed by atoms with Crippen molar-refractivity contribution in [2.24, 2.45) is 5.10 Å². The zero-order valence-corrected chi connectivity index (χ0v) is 25.8. The summed E-state index contributed by atoms with van der Waals surface area (Å²) in [6.07, 6.45) is 1.32. The van der Waals surface area contributed by atoms with Gasteiger partial charge in [-0.2, -0.15) is 9.78 Å². The first-order chi connectivity index (χ1) is 21.2. The van der Waals surface area contributed by atoms with Gasteiger partial charge in [0.05, 0.1) is 49.1 Å². The fraction of sp³-hybridized carbons (Fsp3) is 0.0645. The lowest BCUT2D eigenvalue weighted by molar-refractivity contribution is -0.386. The SMILES string of the molecule is COc1cccc2oc(-c3nc4ccccc4c(=O)n3N=Cc3cc(Br)c(OCc4ccc(Cl)c(Cl)c4)c([N+](=O)[O-])c3)cc12. The Bertz CT molecular complexity index is 2180. The van der Waals surface area contributed by atoms with Gasteiger partial charge < -0.3 is 13.9 Å². The Morgan fingerprint density at radius 1 is 1.05 bits per heavy atom. The van der Waals surface area contributed by atoms with Crippen LogP contribution in [0.2, 0.25) is 10.0 Å². The largest absolute Gasteiger partial charge is 0.496 e. The Balaban J connectivity index is 1.41. The summed E-state index contributed by atoms with van der Waals surface area (Å²) in [6, 6.07) is 21.8. The third kappa shape index (κ3) is 5.64. The molecular weight excluding hydrogens is 675 g/mol. The van der Waals surface area contributed by atoms with Crippen LogP contribution in [0.5, 0.6) is 11.5 Å². The molecule has 0 radical (unpaired) electrons. The highest BCUT2D eigenvalue weighted by molar-refractivity contribution is 9.10. The molecule has 0 unspecified atom stereocenters. The molecule has 13 heteroatoms. The number of aromatic nitrogens is 2. The zero-order chi connectivity index (χ0) is 31.0. The lowest BCUT2D eigenvalue weighted by atomic mass is 10.2. The van der Waals surface area contributed by atoms with Gasteiger partial charge in [-0.05, 0) is 70.0 Å². The van der Waals surface area contributed by atoms with Gasteiger partial charge in [0.25, 0.3) is 5.56 Å². The number of para-hydroxylation sites is 1. The van der Waals surface area contributed by atoms with Crippen molar-refractivity contribution < 1.29 is 18.8 Å². The van der Waals surface area contributed by atoms with Gasteiger partial charge in [-0.25, -0.2) is 4.98 Å². The van der Waals surface area contributed by atoms with E-state index in [1.165, 1.54) is 12.3 Å². The van der Waals surface area contributed by atoms with Crippen molar-refractivity contribution in [3.63, 3.8) is 0 Å². The van der Waals surface area contributed by atoms with Crippen molar-refractivity contribution in [2.45, 2.75) is 6.61 Å². The van der Waals surface area contributed by atoms with Crippen LogP contribution in [0.1, 0.15) is 11.1 Å². The minimum absolute atomic E-state index is 0.00750. The van der Waals surface area contributed by atoms with Crippen LogP contribution >= 0.6 is 39.1 Å². The molecule has 10 nitrogen and oxygen atoms in total. The zero-order valence-electron chi connectivity index (χ0n) is 22.7. The average Bonchev–Trinajstić information content (AvgIpc) is 3.46. The molecule has 0 spiro atoms. The summed E-state index contributed by atoms with van der Waals surface area (Å²) in [5.41, 5.74) is 1.22. The predicted octanol–water partition coefficient (Wildman–Crippen LogP) is 8.26. The summed E-state index contributed by atoms with van der Waals surface area (Å²) in [5.74, 6) is 1.02. The summed E-state index contributed by atoms with van der Waals surface area (Å²) in [7, 11) is 1.55. The van der Waals surface area contributed by atoms with E-state index in [1.807, 2.05) is 0 Å². The van der Waals surface area contributed by atoms with Crippen molar-refractivity contribution in [1.82, 2.24) is 9.66 Å². The number of benzene rings is 4. The van der Waals surface area contributed by atoms with Gasteiger partial charge in [0, 0.05) is 11.6 Å². The first-order valence-corrected chi connectivity index (χ1v) is 14.5. The molecular formula is C31H19BrCl2N4O6. The Labute approximate surface area is 267 Å². The summed E-state index contributed by atoms with van der Waals surface area (Å²) in [4.78, 5) is 29.8. The van der Waals surface area contributed by atoms with E-state index in [9.17, 15) is 14.9 Å². The molecule has 0 fully saturated rings. The summed E-state index contributed by atoms with van der Waals surface area (Å²) >= 11 is 15.4. The van der Waals surface area contributed by atoms with E-state index >= 15 is 0 Å². The van der Waals surface area contributed by atoms with Crippen LogP contribution in [-0.2, 0) is 6.61 Å². The smallest absolute Gasteiger partial charge is 0.312 e. The molecule has 2 heterocycles. The molecule has 0 aliphatic heterocycles. The molecule has 0 saturated carbocycles. The molecule has 0 bridgehead atoms. The molecule has 4 aromatic carbocycles. The van der Waals surface area contributed by atoms with Crippen molar-refractivity contribution in [3.05, 3.63) is 125 Å². The second kappa shape index (κ2) is 12.1. The summed E-state index contributed by atoms with van der Waals surface area (Å²) in [5, 5.41) is 18.2. The minimum atomic E-state index is -0.566. The first kappa shape index (κ1) is 29.4. The number of nitro groups is 1. The highest BCUT2D eigenvalue weighted by Crippen LogP contribution is 2.37. The topological polar surface area (TPSA) is 122 Å². The van der Waals surface area contributed by atoms with E-state index in [0.717, 1.165) is 4.68 Å². The molecule has 0 saturated heterocycles. The third-order valence-corrected chi connectivity index (χ3v) is 7.98. The van der Waals surface area contributed by atoms with Gasteiger partial charge >= 0.3 is 5.69 Å². The average molecular weight is 694 g/mol. The Kier molecular flexibility index (Phi) is 8.09. The molecule has 0 amide bonds. The second-order valence-corrected chi connectivity index (χ2v) is 11.1. The van der Waals surface area contributed by atoms with Crippen LogP contribution in [0.15, 0.2) is 97.6 Å². The number of fused-ring (bicyclic) bond motifs is 2. The summed E-state index contributed by atoms with van der Waals surface area (Å²) < 4.78 is 18.7. The van der Waals surface area contributed by atoms with Crippen molar-refractivity contribution >= 4 is 72.9 Å². The van der Waals surface area contributed by atoms with Gasteiger partial charge in [0.2, 0.25) is 11.6 Å². The van der Waals surface area contributed by atoms with E-state index in [4.69, 9.17) is 37.1 Å². The highest BCUT2D eigenvalue weighted by Gasteiger charge is 2.22. The fourth-order valence-corrected chi connectivity index (χ4v) is 5.48. The van der Waals surface area contributed by atoms with E-state index in [0.29, 0.717) is 53.3 Å². The van der Waals surface area contributed by atoms with Crippen LogP contribution in [0, 0.1) is 10.1 Å². The van der Waals surface area contributed by atoms with E-state index in [1.54, 1.807) is 79.9 Å². The number of ether oxygens (including phenoxy) is 2. The number of furan rings is 1. The Hall–Kier alpha value is -4.71. The second-order valence-electron chi connectivity index (χ2n) is 9.44. The monoisotopic (exact) mass is 692 g/mol. The van der Waals surface area contributed by atoms with Crippen molar-refractivity contribution in [1.29, 1.82) is 0 Å². The van der Waals surface area contributed by atoms with E-state index in [2.05, 4.69) is 26.0 Å². The summed E-state index contributed by atoms with van der Waals surface area (Å²) in [6.45, 7) is 0.00750. The molecule has 44 heavy (non-hydrogen) atoms. The van der Waals surface area contributed by atoms with Crippen LogP contribution in [0.4, 0.5) is 5.69 Å². The van der Waals surface area contributed by atoms with E-state index in [-0.39, 0.29) is 29.6 Å². The molecule has 0 atom stereocenters. The Morgan fingerprint density at radius 2 is 1.86 bits per heavy atom. The van der Waals surface area contributed by atoms with Gasteiger partial charge in [0.1, 0.15) is 17.9 Å². The number of nitro benzene ring substituents is 1. The molecule has 0 aliphatic carbocycles. The number of halogens is 3. The molecule has 6 rings (SSSR count). The van der Waals surface area contributed by atoms with E-state index < -0.39 is 10.5 Å². The molecule has 2 aromatic heterocycles. The quantitative estimate of drug-likeness (QED) is 0.0894.